The number of nitrogens with one attached hydrogen (secondary N) is 1. The van der Waals surface area contributed by atoms with E-state index in [1.165, 1.54) is 4.90 Å². The van der Waals surface area contributed by atoms with Gasteiger partial charge in [0.05, 0.1) is 19.1 Å². The summed E-state index contributed by atoms with van der Waals surface area (Å²) >= 11 is 0. The van der Waals surface area contributed by atoms with Crippen LogP contribution >= 0.6 is 0 Å². The Hall–Kier alpha value is -3.07. The third kappa shape index (κ3) is 7.45. The fraction of sp³-hybridized carbons (Fsp3) is 0.462. The zero-order valence-electron chi connectivity index (χ0n) is 21.7. The number of hydrogen-bond acceptors (Lipinski definition) is 5. The van der Waals surface area contributed by atoms with Crippen molar-refractivity contribution in [2.45, 2.75) is 59.7 Å². The smallest absolute Gasteiger partial charge is 0.244 e. The molecule has 0 aliphatic heterocycles. The van der Waals surface area contributed by atoms with Crippen LogP contribution in [-0.4, -0.2) is 57.1 Å². The van der Waals surface area contributed by atoms with Gasteiger partial charge in [0.2, 0.25) is 21.8 Å². The predicted molar refractivity (Wildman–Crippen MR) is 139 cm³/mol. The van der Waals surface area contributed by atoms with Crippen LogP contribution in [0.15, 0.2) is 42.5 Å². The van der Waals surface area contributed by atoms with Gasteiger partial charge in [0.15, 0.2) is 0 Å². The topological polar surface area (TPSA) is 96.0 Å². The van der Waals surface area contributed by atoms with Crippen LogP contribution in [0, 0.1) is 13.8 Å². The molecule has 35 heavy (non-hydrogen) atoms. The first kappa shape index (κ1) is 28.2. The summed E-state index contributed by atoms with van der Waals surface area (Å²) in [5, 5.41) is 2.92. The Bertz CT molecular complexity index is 1130. The van der Waals surface area contributed by atoms with Gasteiger partial charge in [-0.25, -0.2) is 8.42 Å². The number of anilines is 1. The summed E-state index contributed by atoms with van der Waals surface area (Å²) in [6, 6.07) is 11.7. The van der Waals surface area contributed by atoms with Gasteiger partial charge in [-0.1, -0.05) is 31.2 Å². The molecule has 192 valence electrons. The van der Waals surface area contributed by atoms with Crippen LogP contribution in [0.25, 0.3) is 0 Å². The van der Waals surface area contributed by atoms with E-state index in [-0.39, 0.29) is 18.5 Å². The van der Waals surface area contributed by atoms with E-state index in [1.807, 2.05) is 45.9 Å². The molecule has 2 aromatic rings. The minimum atomic E-state index is -3.77. The van der Waals surface area contributed by atoms with Gasteiger partial charge < -0.3 is 15.0 Å². The number of hydrogen-bond donors (Lipinski definition) is 1. The molecule has 2 amide bonds. The highest BCUT2D eigenvalue weighted by Crippen LogP contribution is 2.25. The van der Waals surface area contributed by atoms with Crippen molar-refractivity contribution in [3.63, 3.8) is 0 Å². The van der Waals surface area contributed by atoms with Gasteiger partial charge in [-0.15, -0.1) is 0 Å². The zero-order valence-corrected chi connectivity index (χ0v) is 22.5. The maximum atomic E-state index is 13.6. The summed E-state index contributed by atoms with van der Waals surface area (Å²) in [4.78, 5) is 28.0. The molecule has 0 spiro atoms. The van der Waals surface area contributed by atoms with Gasteiger partial charge in [-0.05, 0) is 69.0 Å². The molecule has 0 saturated carbocycles. The van der Waals surface area contributed by atoms with Crippen molar-refractivity contribution in [1.82, 2.24) is 10.2 Å². The first-order valence-corrected chi connectivity index (χ1v) is 13.5. The number of amides is 2. The molecule has 0 unspecified atom stereocenters. The molecule has 0 radical (unpaired) electrons. The van der Waals surface area contributed by atoms with Gasteiger partial charge in [0.25, 0.3) is 0 Å². The van der Waals surface area contributed by atoms with Crippen molar-refractivity contribution < 1.29 is 22.7 Å². The number of sulfonamides is 1. The lowest BCUT2D eigenvalue weighted by Crippen LogP contribution is -2.52. The third-order valence-corrected chi connectivity index (χ3v) is 7.33. The molecule has 0 aromatic heterocycles. The molecule has 2 rings (SSSR count). The van der Waals surface area contributed by atoms with Gasteiger partial charge in [-0.3, -0.25) is 13.9 Å². The molecule has 9 heteroatoms. The lowest BCUT2D eigenvalue weighted by atomic mass is 10.1. The monoisotopic (exact) mass is 503 g/mol. The summed E-state index contributed by atoms with van der Waals surface area (Å²) in [6.07, 6.45) is 1.83. The average molecular weight is 504 g/mol. The van der Waals surface area contributed by atoms with Gasteiger partial charge >= 0.3 is 0 Å². The third-order valence-electron chi connectivity index (χ3n) is 6.20. The summed E-state index contributed by atoms with van der Waals surface area (Å²) in [6.45, 7) is 8.95. The van der Waals surface area contributed by atoms with Crippen LogP contribution in [0.5, 0.6) is 5.75 Å². The quantitative estimate of drug-likeness (QED) is 0.507. The Morgan fingerprint density at radius 1 is 1.06 bits per heavy atom. The molecule has 2 aromatic carbocycles. The Labute approximate surface area is 209 Å². The zero-order chi connectivity index (χ0) is 26.3. The number of benzene rings is 2. The average Bonchev–Trinajstić information content (AvgIpc) is 2.81. The highest BCUT2D eigenvalue weighted by Gasteiger charge is 2.31. The minimum absolute atomic E-state index is 0.0506. The summed E-state index contributed by atoms with van der Waals surface area (Å²) in [7, 11) is -2.20. The minimum Gasteiger partial charge on any atom is -0.497 e. The molecule has 8 nitrogen and oxygen atoms in total. The standard InChI is InChI=1S/C26H37N3O5S/c1-8-19(3)27-26(31)21(5)28(16-22-12-14-23(34-6)15-13-22)25(30)17-29(35(7,32)33)24-11-9-10-18(2)20(24)4/h9-15,19,21H,8,16-17H2,1-7H3,(H,27,31)/t19-,21+/m1/s1. The molecule has 0 fully saturated rings. The fourth-order valence-electron chi connectivity index (χ4n) is 3.58. The normalized spacial score (nSPS) is 13.0. The second-order valence-corrected chi connectivity index (χ2v) is 10.8. The highest BCUT2D eigenvalue weighted by atomic mass is 32.2. The number of carbonyl (C=O) groups excluding carboxylic acids is 2. The molecular formula is C26H37N3O5S. The van der Waals surface area contributed by atoms with Crippen molar-refractivity contribution in [2.24, 2.45) is 0 Å². The molecule has 0 aliphatic rings. The van der Waals surface area contributed by atoms with Gasteiger partial charge in [-0.2, -0.15) is 0 Å². The number of methoxy groups -OCH3 is 1. The van der Waals surface area contributed by atoms with E-state index >= 15 is 0 Å². The van der Waals surface area contributed by atoms with Crippen molar-refractivity contribution in [2.75, 3.05) is 24.2 Å². The van der Waals surface area contributed by atoms with Crippen LogP contribution in [0.4, 0.5) is 5.69 Å². The van der Waals surface area contributed by atoms with E-state index in [0.717, 1.165) is 33.7 Å². The van der Waals surface area contributed by atoms with E-state index in [4.69, 9.17) is 4.74 Å². The van der Waals surface area contributed by atoms with Crippen molar-refractivity contribution >= 4 is 27.5 Å². The molecule has 0 bridgehead atoms. The Morgan fingerprint density at radius 2 is 1.69 bits per heavy atom. The highest BCUT2D eigenvalue weighted by molar-refractivity contribution is 7.92. The van der Waals surface area contributed by atoms with E-state index in [2.05, 4.69) is 5.32 Å². The second-order valence-electron chi connectivity index (χ2n) is 8.85. The lowest BCUT2D eigenvalue weighted by Gasteiger charge is -2.32. The Kier molecular flexibility index (Phi) is 9.71. The summed E-state index contributed by atoms with van der Waals surface area (Å²) < 4.78 is 31.8. The maximum absolute atomic E-state index is 13.6. The first-order valence-electron chi connectivity index (χ1n) is 11.7. The number of ether oxygens (including phenoxy) is 1. The van der Waals surface area contributed by atoms with E-state index < -0.39 is 28.5 Å². The van der Waals surface area contributed by atoms with Crippen molar-refractivity contribution in [3.8, 4) is 5.75 Å². The first-order chi connectivity index (χ1) is 16.4. The maximum Gasteiger partial charge on any atom is 0.244 e. The molecule has 0 heterocycles. The van der Waals surface area contributed by atoms with Crippen LogP contribution in [-0.2, 0) is 26.2 Å². The SMILES string of the molecule is CC[C@@H](C)NC(=O)[C@H](C)N(Cc1ccc(OC)cc1)C(=O)CN(c1cccc(C)c1C)S(C)(=O)=O. The summed E-state index contributed by atoms with van der Waals surface area (Å²) in [5.74, 6) is -0.0924. The van der Waals surface area contributed by atoms with Crippen LogP contribution in [0.1, 0.15) is 43.9 Å². The number of nitrogens with zero attached hydrogens (tertiary/aromatic N) is 2. The predicted octanol–water partition coefficient (Wildman–Crippen LogP) is 3.41. The fourth-order valence-corrected chi connectivity index (χ4v) is 4.48. The lowest BCUT2D eigenvalue weighted by molar-refractivity contribution is -0.139. The van der Waals surface area contributed by atoms with Crippen molar-refractivity contribution in [1.29, 1.82) is 0 Å². The van der Waals surface area contributed by atoms with Crippen LogP contribution in [0.3, 0.4) is 0 Å². The second kappa shape index (κ2) is 12.1. The molecule has 0 saturated heterocycles. The Morgan fingerprint density at radius 3 is 2.23 bits per heavy atom. The Balaban J connectivity index is 2.42. The van der Waals surface area contributed by atoms with Gasteiger partial charge in [0, 0.05) is 12.6 Å². The van der Waals surface area contributed by atoms with Crippen LogP contribution in [0.2, 0.25) is 0 Å². The largest absolute Gasteiger partial charge is 0.497 e. The number of aryl methyl sites for hydroxylation is 1. The van der Waals surface area contributed by atoms with E-state index in [1.54, 1.807) is 38.3 Å². The van der Waals surface area contributed by atoms with Crippen LogP contribution < -0.4 is 14.4 Å². The molecular weight excluding hydrogens is 466 g/mol. The number of rotatable bonds is 11. The number of carbonyl (C=O) groups is 2. The van der Waals surface area contributed by atoms with E-state index in [9.17, 15) is 18.0 Å². The van der Waals surface area contributed by atoms with Gasteiger partial charge in [0.1, 0.15) is 18.3 Å². The van der Waals surface area contributed by atoms with E-state index in [0.29, 0.717) is 11.4 Å². The summed E-state index contributed by atoms with van der Waals surface area (Å²) in [5.41, 5.74) is 2.93. The molecule has 0 aliphatic carbocycles. The molecule has 1 N–H and O–H groups in total. The molecule has 2 atom stereocenters. The van der Waals surface area contributed by atoms with Crippen molar-refractivity contribution in [3.05, 3.63) is 59.2 Å².